The first-order valence-corrected chi connectivity index (χ1v) is 6.61. The zero-order valence-electron chi connectivity index (χ0n) is 4.63. The van der Waals surface area contributed by atoms with E-state index in [1.54, 1.807) is 0 Å². The third-order valence-electron chi connectivity index (χ3n) is 1.23. The molecule has 0 aromatic carbocycles. The number of hydrogen-bond acceptors (Lipinski definition) is 3. The van der Waals surface area contributed by atoms with Gasteiger partial charge in [0.1, 0.15) is 0 Å². The van der Waals surface area contributed by atoms with Crippen LogP contribution in [0, 0.1) is 0 Å². The van der Waals surface area contributed by atoms with E-state index in [0.29, 0.717) is 6.04 Å². The minimum Gasteiger partial charge on any atom is -0.403 e. The van der Waals surface area contributed by atoms with Gasteiger partial charge in [0.15, 0.2) is 0 Å². The van der Waals surface area contributed by atoms with Crippen LogP contribution in [-0.2, 0) is 0 Å². The minimum atomic E-state index is -2.67. The molecule has 1 fully saturated rings. The van der Waals surface area contributed by atoms with Gasteiger partial charge < -0.3 is 9.59 Å². The van der Waals surface area contributed by atoms with E-state index in [9.17, 15) is 0 Å². The van der Waals surface area contributed by atoms with E-state index < -0.39 is 7.71 Å². The van der Waals surface area contributed by atoms with Crippen molar-refractivity contribution in [2.45, 2.75) is 18.9 Å². The van der Waals surface area contributed by atoms with Gasteiger partial charge in [0, 0.05) is 6.04 Å². The molecule has 0 bridgehead atoms. The number of rotatable bonds is 0. The summed E-state index contributed by atoms with van der Waals surface area (Å²) in [7, 11) is -2.67. The summed E-state index contributed by atoms with van der Waals surface area (Å²) in [5, 5.41) is 0. The minimum absolute atomic E-state index is 0.664. The SMILES string of the molecule is O[Si]1(O)CCCCS1. The monoisotopic (exact) mass is 150 g/mol. The molecule has 1 rings (SSSR count). The summed E-state index contributed by atoms with van der Waals surface area (Å²) in [4.78, 5) is 18.1. The van der Waals surface area contributed by atoms with Gasteiger partial charge in [-0.15, -0.1) is 11.2 Å². The predicted molar refractivity (Wildman–Crippen MR) is 36.7 cm³/mol. The molecule has 48 valence electrons. The summed E-state index contributed by atoms with van der Waals surface area (Å²) in [5.74, 6) is 0.944. The maximum atomic E-state index is 9.03. The van der Waals surface area contributed by atoms with Crippen molar-refractivity contribution in [3.8, 4) is 0 Å². The Kier molecular flexibility index (Phi) is 1.97. The molecule has 1 saturated heterocycles. The van der Waals surface area contributed by atoms with Crippen LogP contribution in [-0.4, -0.2) is 23.1 Å². The van der Waals surface area contributed by atoms with Gasteiger partial charge in [-0.25, -0.2) is 0 Å². The molecule has 2 nitrogen and oxygen atoms in total. The maximum Gasteiger partial charge on any atom is 0.400 e. The molecule has 0 radical (unpaired) electrons. The Hall–Kier alpha value is 0.487. The second-order valence-corrected chi connectivity index (χ2v) is 7.56. The van der Waals surface area contributed by atoms with Crippen molar-refractivity contribution in [1.29, 1.82) is 0 Å². The topological polar surface area (TPSA) is 40.5 Å². The Bertz CT molecular complexity index is 78.1. The fourth-order valence-corrected chi connectivity index (χ4v) is 4.58. The molecule has 0 unspecified atom stereocenters. The van der Waals surface area contributed by atoms with Crippen LogP contribution >= 0.6 is 11.2 Å². The van der Waals surface area contributed by atoms with E-state index in [1.165, 1.54) is 11.2 Å². The normalized spacial score (nSPS) is 27.8. The quantitative estimate of drug-likeness (QED) is 0.492. The summed E-state index contributed by atoms with van der Waals surface area (Å²) in [6.07, 6.45) is 2.16. The van der Waals surface area contributed by atoms with Gasteiger partial charge in [-0.05, 0) is 18.6 Å². The standard InChI is InChI=1S/C4H10O2SSi/c5-8(6)4-2-1-3-7-8/h5-6H,1-4H2. The Morgan fingerprint density at radius 1 is 1.25 bits per heavy atom. The highest BCUT2D eigenvalue weighted by atomic mass is 32.4. The molecule has 0 amide bonds. The second kappa shape index (κ2) is 2.39. The van der Waals surface area contributed by atoms with Gasteiger partial charge >= 0.3 is 7.71 Å². The van der Waals surface area contributed by atoms with Crippen molar-refractivity contribution in [2.24, 2.45) is 0 Å². The van der Waals surface area contributed by atoms with Crippen LogP contribution in [0.2, 0.25) is 6.04 Å². The van der Waals surface area contributed by atoms with Crippen LogP contribution in [0.5, 0.6) is 0 Å². The Labute approximate surface area is 53.8 Å². The van der Waals surface area contributed by atoms with E-state index in [-0.39, 0.29) is 0 Å². The van der Waals surface area contributed by atoms with E-state index in [1.807, 2.05) is 0 Å². The van der Waals surface area contributed by atoms with Crippen molar-refractivity contribution >= 4 is 18.9 Å². The first kappa shape index (κ1) is 6.60. The lowest BCUT2D eigenvalue weighted by Crippen LogP contribution is -2.33. The first-order chi connectivity index (χ1) is 3.71. The van der Waals surface area contributed by atoms with Gasteiger partial charge in [-0.2, -0.15) is 0 Å². The van der Waals surface area contributed by atoms with Crippen molar-refractivity contribution in [2.75, 3.05) is 5.75 Å². The van der Waals surface area contributed by atoms with Crippen LogP contribution in [0.4, 0.5) is 0 Å². The molecule has 2 N–H and O–H groups in total. The van der Waals surface area contributed by atoms with E-state index in [2.05, 4.69) is 0 Å². The van der Waals surface area contributed by atoms with Crippen LogP contribution in [0.25, 0.3) is 0 Å². The fraction of sp³-hybridized carbons (Fsp3) is 1.00. The predicted octanol–water partition coefficient (Wildman–Crippen LogP) is 0.437. The lowest BCUT2D eigenvalue weighted by molar-refractivity contribution is 0.388. The highest BCUT2D eigenvalue weighted by molar-refractivity contribution is 8.27. The van der Waals surface area contributed by atoms with Crippen molar-refractivity contribution in [3.05, 3.63) is 0 Å². The van der Waals surface area contributed by atoms with Crippen LogP contribution in [0.3, 0.4) is 0 Å². The molecular weight excluding hydrogens is 140 g/mol. The highest BCUT2D eigenvalue weighted by Crippen LogP contribution is 2.27. The third kappa shape index (κ3) is 1.78. The summed E-state index contributed by atoms with van der Waals surface area (Å²) < 4.78 is 0. The van der Waals surface area contributed by atoms with Crippen molar-refractivity contribution in [1.82, 2.24) is 0 Å². The van der Waals surface area contributed by atoms with Gasteiger partial charge in [0.2, 0.25) is 0 Å². The van der Waals surface area contributed by atoms with Gasteiger partial charge in [0.05, 0.1) is 0 Å². The molecule has 4 heteroatoms. The molecule has 1 aliphatic heterocycles. The summed E-state index contributed by atoms with van der Waals surface area (Å²) in [5.41, 5.74) is 0. The van der Waals surface area contributed by atoms with Crippen LogP contribution in [0.1, 0.15) is 12.8 Å². The van der Waals surface area contributed by atoms with E-state index in [0.717, 1.165) is 18.6 Å². The molecule has 8 heavy (non-hydrogen) atoms. The molecule has 1 aliphatic rings. The van der Waals surface area contributed by atoms with Crippen LogP contribution in [0.15, 0.2) is 0 Å². The molecule has 0 aromatic heterocycles. The van der Waals surface area contributed by atoms with Gasteiger partial charge in [0.25, 0.3) is 0 Å². The second-order valence-electron chi connectivity index (χ2n) is 2.05. The molecule has 0 aromatic rings. The summed E-state index contributed by atoms with van der Waals surface area (Å²) in [6.45, 7) is 0. The largest absolute Gasteiger partial charge is 0.403 e. The molecule has 0 aliphatic carbocycles. The molecule has 0 spiro atoms. The average molecular weight is 150 g/mol. The van der Waals surface area contributed by atoms with Gasteiger partial charge in [-0.3, -0.25) is 0 Å². The average Bonchev–Trinajstić information content (AvgIpc) is 1.65. The molecular formula is C4H10O2SSi. The third-order valence-corrected chi connectivity index (χ3v) is 5.80. The lowest BCUT2D eigenvalue weighted by Gasteiger charge is -2.20. The van der Waals surface area contributed by atoms with E-state index in [4.69, 9.17) is 9.59 Å². The fourth-order valence-electron chi connectivity index (χ4n) is 0.765. The highest BCUT2D eigenvalue weighted by Gasteiger charge is 2.32. The molecule has 0 saturated carbocycles. The van der Waals surface area contributed by atoms with Crippen molar-refractivity contribution in [3.63, 3.8) is 0 Å². The smallest absolute Gasteiger partial charge is 0.400 e. The number of hydrogen-bond donors (Lipinski definition) is 2. The summed E-state index contributed by atoms with van der Waals surface area (Å²) in [6, 6.07) is 0.664. The first-order valence-electron chi connectivity index (χ1n) is 2.79. The summed E-state index contributed by atoms with van der Waals surface area (Å²) >= 11 is 1.37. The van der Waals surface area contributed by atoms with Gasteiger partial charge in [-0.1, -0.05) is 0 Å². The lowest BCUT2D eigenvalue weighted by atomic mass is 10.4. The Morgan fingerprint density at radius 3 is 2.25 bits per heavy atom. The van der Waals surface area contributed by atoms with Crippen molar-refractivity contribution < 1.29 is 9.59 Å². The molecule has 1 heterocycles. The van der Waals surface area contributed by atoms with Crippen LogP contribution < -0.4 is 0 Å². The molecule has 0 atom stereocenters. The Morgan fingerprint density at radius 2 is 2.00 bits per heavy atom. The van der Waals surface area contributed by atoms with E-state index >= 15 is 0 Å². The maximum absolute atomic E-state index is 9.03. The zero-order valence-corrected chi connectivity index (χ0v) is 6.45. The Balaban J connectivity index is 2.33. The zero-order chi connectivity index (χ0) is 6.04.